The van der Waals surface area contributed by atoms with Crippen molar-refractivity contribution in [2.24, 2.45) is 5.73 Å². The van der Waals surface area contributed by atoms with Crippen LogP contribution < -0.4 is 16.5 Å². The van der Waals surface area contributed by atoms with Gasteiger partial charge in [0.05, 0.1) is 11.2 Å². The number of aromatic carboxylic acids is 1. The highest BCUT2D eigenvalue weighted by molar-refractivity contribution is 5.93. The van der Waals surface area contributed by atoms with Gasteiger partial charge in [-0.3, -0.25) is 4.79 Å². The Labute approximate surface area is 131 Å². The van der Waals surface area contributed by atoms with Gasteiger partial charge in [0.25, 0.3) is 0 Å². The van der Waals surface area contributed by atoms with E-state index in [1.165, 1.54) is 6.20 Å². The lowest BCUT2D eigenvalue weighted by Crippen LogP contribution is -2.49. The molecule has 1 aromatic carbocycles. The minimum Gasteiger partial charge on any atom is -0.477 e. The third kappa shape index (κ3) is 2.57. The lowest BCUT2D eigenvalue weighted by atomic mass is 9.87. The molecule has 0 bridgehead atoms. The summed E-state index contributed by atoms with van der Waals surface area (Å²) < 4.78 is 15.9. The smallest absolute Gasteiger partial charge is 0.341 e. The molecule has 4 N–H and O–H groups in total. The molecule has 1 heterocycles. The predicted molar refractivity (Wildman–Crippen MR) is 85.4 cm³/mol. The van der Waals surface area contributed by atoms with E-state index in [0.29, 0.717) is 12.1 Å². The summed E-state index contributed by atoms with van der Waals surface area (Å²) in [5.74, 6) is -1.90. The molecular formula is C16H18FN3O3. The Morgan fingerprint density at radius 1 is 1.48 bits per heavy atom. The fourth-order valence-electron chi connectivity index (χ4n) is 2.84. The van der Waals surface area contributed by atoms with E-state index < -0.39 is 17.2 Å². The molecule has 2 aromatic rings. The maximum Gasteiger partial charge on any atom is 0.341 e. The molecular weight excluding hydrogens is 301 g/mol. The zero-order valence-electron chi connectivity index (χ0n) is 12.7. The molecule has 7 heteroatoms. The lowest BCUT2D eigenvalue weighted by molar-refractivity contribution is 0.0695. The molecule has 1 saturated carbocycles. The number of aromatic nitrogens is 1. The standard InChI is InChI=1S/C16H18FN3O3/c1-2-20-7-9(16(22)23)15(21)8-5-10(17)13(6-14(8)20)19-12-4-3-11(12)18/h5-7,11-12,19H,2-4,18H2,1H3,(H,22,23). The Kier molecular flexibility index (Phi) is 3.81. The summed E-state index contributed by atoms with van der Waals surface area (Å²) in [5, 5.41) is 12.3. The molecule has 23 heavy (non-hydrogen) atoms. The fraction of sp³-hybridized carbons (Fsp3) is 0.375. The van der Waals surface area contributed by atoms with E-state index in [9.17, 15) is 14.0 Å². The van der Waals surface area contributed by atoms with E-state index in [-0.39, 0.29) is 28.7 Å². The summed E-state index contributed by atoms with van der Waals surface area (Å²) in [6, 6.07) is 2.66. The number of halogens is 1. The zero-order valence-corrected chi connectivity index (χ0v) is 12.7. The first-order valence-electron chi connectivity index (χ1n) is 7.54. The van der Waals surface area contributed by atoms with E-state index in [4.69, 9.17) is 10.8 Å². The first-order valence-corrected chi connectivity index (χ1v) is 7.54. The van der Waals surface area contributed by atoms with Crippen LogP contribution in [0.15, 0.2) is 23.1 Å². The van der Waals surface area contributed by atoms with E-state index in [1.54, 1.807) is 10.6 Å². The highest BCUT2D eigenvalue weighted by Gasteiger charge is 2.28. The number of aryl methyl sites for hydroxylation is 1. The van der Waals surface area contributed by atoms with Gasteiger partial charge in [-0.2, -0.15) is 0 Å². The summed E-state index contributed by atoms with van der Waals surface area (Å²) in [7, 11) is 0. The third-order valence-electron chi connectivity index (χ3n) is 4.41. The van der Waals surface area contributed by atoms with Gasteiger partial charge in [0, 0.05) is 30.2 Å². The topological polar surface area (TPSA) is 97.3 Å². The molecule has 0 radical (unpaired) electrons. The van der Waals surface area contributed by atoms with Crippen LogP contribution in [0, 0.1) is 5.82 Å². The molecule has 0 saturated heterocycles. The van der Waals surface area contributed by atoms with Gasteiger partial charge < -0.3 is 20.7 Å². The summed E-state index contributed by atoms with van der Waals surface area (Å²) in [6.45, 7) is 2.29. The molecule has 1 aliphatic rings. The van der Waals surface area contributed by atoms with Gasteiger partial charge in [-0.25, -0.2) is 9.18 Å². The van der Waals surface area contributed by atoms with E-state index in [0.717, 1.165) is 18.9 Å². The number of fused-ring (bicyclic) bond motifs is 1. The number of pyridine rings is 1. The second-order valence-corrected chi connectivity index (χ2v) is 5.80. The van der Waals surface area contributed by atoms with Gasteiger partial charge in [-0.05, 0) is 31.9 Å². The number of hydrogen-bond donors (Lipinski definition) is 3. The molecule has 0 aliphatic heterocycles. The van der Waals surface area contributed by atoms with Gasteiger partial charge in [0.15, 0.2) is 0 Å². The Balaban J connectivity index is 2.17. The number of carboxylic acids is 1. The van der Waals surface area contributed by atoms with Gasteiger partial charge >= 0.3 is 5.97 Å². The zero-order chi connectivity index (χ0) is 16.7. The van der Waals surface area contributed by atoms with Crippen molar-refractivity contribution in [3.8, 4) is 0 Å². The third-order valence-corrected chi connectivity index (χ3v) is 4.41. The molecule has 1 aromatic heterocycles. The van der Waals surface area contributed by atoms with Gasteiger partial charge in [-0.1, -0.05) is 0 Å². The molecule has 2 unspecified atom stereocenters. The number of carbonyl (C=O) groups is 1. The van der Waals surface area contributed by atoms with E-state index in [1.807, 2.05) is 6.92 Å². The van der Waals surface area contributed by atoms with Crippen LogP contribution in [0.4, 0.5) is 10.1 Å². The van der Waals surface area contributed by atoms with Gasteiger partial charge in [0.2, 0.25) is 5.43 Å². The number of anilines is 1. The van der Waals surface area contributed by atoms with E-state index >= 15 is 0 Å². The number of benzene rings is 1. The van der Waals surface area contributed by atoms with Crippen LogP contribution >= 0.6 is 0 Å². The Hall–Kier alpha value is -2.41. The number of nitrogens with zero attached hydrogens (tertiary/aromatic N) is 1. The van der Waals surface area contributed by atoms with Crippen LogP contribution in [-0.4, -0.2) is 27.7 Å². The predicted octanol–water partition coefficient (Wildman–Crippen LogP) is 1.76. The van der Waals surface area contributed by atoms with Crippen LogP contribution in [0.1, 0.15) is 30.1 Å². The number of nitrogens with one attached hydrogen (secondary N) is 1. The molecule has 0 spiro atoms. The molecule has 2 atom stereocenters. The largest absolute Gasteiger partial charge is 0.477 e. The van der Waals surface area contributed by atoms with E-state index in [2.05, 4.69) is 5.32 Å². The number of nitrogens with two attached hydrogens (primary N) is 1. The highest BCUT2D eigenvalue weighted by Crippen LogP contribution is 2.27. The molecule has 1 aliphatic carbocycles. The van der Waals surface area contributed by atoms with Crippen molar-refractivity contribution in [2.45, 2.75) is 38.4 Å². The molecule has 1 fully saturated rings. The number of carboxylic acid groups (broad SMARTS) is 1. The highest BCUT2D eigenvalue weighted by atomic mass is 19.1. The summed E-state index contributed by atoms with van der Waals surface area (Å²) in [6.07, 6.45) is 3.06. The van der Waals surface area contributed by atoms with Crippen LogP contribution in [0.25, 0.3) is 10.9 Å². The average molecular weight is 319 g/mol. The minimum absolute atomic E-state index is 0.00662. The van der Waals surface area contributed by atoms with Crippen molar-refractivity contribution in [2.75, 3.05) is 5.32 Å². The first kappa shape index (κ1) is 15.5. The van der Waals surface area contributed by atoms with Crippen molar-refractivity contribution in [1.82, 2.24) is 4.57 Å². The molecule has 3 rings (SSSR count). The second-order valence-electron chi connectivity index (χ2n) is 5.80. The molecule has 6 nitrogen and oxygen atoms in total. The van der Waals surface area contributed by atoms with Gasteiger partial charge in [-0.15, -0.1) is 0 Å². The van der Waals surface area contributed by atoms with Crippen LogP contribution in [-0.2, 0) is 6.54 Å². The average Bonchev–Trinajstić information content (AvgIpc) is 2.52. The van der Waals surface area contributed by atoms with Gasteiger partial charge in [0.1, 0.15) is 11.4 Å². The quantitative estimate of drug-likeness (QED) is 0.798. The second kappa shape index (κ2) is 5.66. The van der Waals surface area contributed by atoms with Crippen molar-refractivity contribution in [1.29, 1.82) is 0 Å². The Bertz CT molecular complexity index is 847. The summed E-state index contributed by atoms with van der Waals surface area (Å²) in [4.78, 5) is 23.4. The van der Waals surface area contributed by atoms with Crippen molar-refractivity contribution >= 4 is 22.6 Å². The summed E-state index contributed by atoms with van der Waals surface area (Å²) >= 11 is 0. The van der Waals surface area contributed by atoms with Crippen LogP contribution in [0.2, 0.25) is 0 Å². The maximum absolute atomic E-state index is 14.3. The Morgan fingerprint density at radius 2 is 2.22 bits per heavy atom. The van der Waals surface area contributed by atoms with Crippen LogP contribution in [0.5, 0.6) is 0 Å². The molecule has 0 amide bonds. The maximum atomic E-state index is 14.3. The lowest BCUT2D eigenvalue weighted by Gasteiger charge is -2.35. The van der Waals surface area contributed by atoms with Crippen molar-refractivity contribution in [3.63, 3.8) is 0 Å². The monoisotopic (exact) mass is 319 g/mol. The number of hydrogen-bond acceptors (Lipinski definition) is 4. The van der Waals surface area contributed by atoms with Crippen molar-refractivity contribution < 1.29 is 14.3 Å². The summed E-state index contributed by atoms with van der Waals surface area (Å²) in [5.41, 5.74) is 5.60. The molecule has 122 valence electrons. The Morgan fingerprint density at radius 3 is 2.74 bits per heavy atom. The van der Waals surface area contributed by atoms with Crippen molar-refractivity contribution in [3.05, 3.63) is 39.9 Å². The number of rotatable bonds is 4. The SMILES string of the molecule is CCn1cc(C(=O)O)c(=O)c2cc(F)c(NC3CCC3N)cc21. The van der Waals surface area contributed by atoms with Crippen LogP contribution in [0.3, 0.4) is 0 Å². The minimum atomic E-state index is -1.32. The normalized spacial score (nSPS) is 20.3. The fourth-order valence-corrected chi connectivity index (χ4v) is 2.84. The first-order chi connectivity index (χ1) is 10.9.